The number of hydrogen-bond donors (Lipinski definition) is 2. The van der Waals surface area contributed by atoms with Crippen LogP contribution in [0.15, 0.2) is 17.3 Å². The van der Waals surface area contributed by atoms with E-state index in [4.69, 9.17) is 0 Å². The molecule has 0 spiro atoms. The van der Waals surface area contributed by atoms with Gasteiger partial charge in [-0.2, -0.15) is 0 Å². The highest BCUT2D eigenvalue weighted by molar-refractivity contribution is 5.88. The van der Waals surface area contributed by atoms with Crippen LogP contribution in [-0.4, -0.2) is 25.0 Å². The molecule has 2 N–H and O–H groups in total. The number of hydrogen-bond acceptors (Lipinski definition) is 3. The lowest BCUT2D eigenvalue weighted by Crippen LogP contribution is -2.41. The van der Waals surface area contributed by atoms with E-state index in [9.17, 15) is 0 Å². The number of nitrogens with one attached hydrogen (secondary N) is 2. The first-order valence-corrected chi connectivity index (χ1v) is 4.54. The standard InChI is InChI=1S/C9H17N3/c1-3-5-10-8(2)9-11-6-4-7-12-9/h4,6,8,10H,3,5,7H2,1-2H3,(H,11,12). The minimum Gasteiger partial charge on any atom is -0.349 e. The minimum absolute atomic E-state index is 0.342. The molecule has 0 aromatic carbocycles. The Morgan fingerprint density at radius 1 is 1.75 bits per heavy atom. The first-order chi connectivity index (χ1) is 5.84. The summed E-state index contributed by atoms with van der Waals surface area (Å²) in [6, 6.07) is 0.342. The van der Waals surface area contributed by atoms with Crippen molar-refractivity contribution in [2.24, 2.45) is 4.99 Å². The van der Waals surface area contributed by atoms with Gasteiger partial charge in [-0.15, -0.1) is 0 Å². The van der Waals surface area contributed by atoms with Crippen LogP contribution < -0.4 is 10.6 Å². The highest BCUT2D eigenvalue weighted by Gasteiger charge is 2.08. The molecule has 0 aromatic heterocycles. The monoisotopic (exact) mass is 167 g/mol. The third-order valence-electron chi connectivity index (χ3n) is 1.83. The van der Waals surface area contributed by atoms with Gasteiger partial charge in [-0.3, -0.25) is 4.99 Å². The van der Waals surface area contributed by atoms with Crippen LogP contribution in [0.4, 0.5) is 0 Å². The summed E-state index contributed by atoms with van der Waals surface area (Å²) in [5.41, 5.74) is 0. The molecule has 1 rings (SSSR count). The fraction of sp³-hybridized carbons (Fsp3) is 0.667. The minimum atomic E-state index is 0.342. The van der Waals surface area contributed by atoms with Crippen molar-refractivity contribution >= 4 is 5.84 Å². The van der Waals surface area contributed by atoms with Gasteiger partial charge in [-0.05, 0) is 26.0 Å². The number of aliphatic imine (C=N–C) groups is 1. The van der Waals surface area contributed by atoms with Crippen molar-refractivity contribution in [3.05, 3.63) is 12.3 Å². The van der Waals surface area contributed by atoms with Gasteiger partial charge in [0.05, 0.1) is 12.6 Å². The summed E-state index contributed by atoms with van der Waals surface area (Å²) in [4.78, 5) is 4.34. The van der Waals surface area contributed by atoms with Crippen LogP contribution in [0.1, 0.15) is 20.3 Å². The smallest absolute Gasteiger partial charge is 0.118 e. The Labute approximate surface area is 74.0 Å². The van der Waals surface area contributed by atoms with Crippen molar-refractivity contribution in [1.82, 2.24) is 10.6 Å². The zero-order valence-corrected chi connectivity index (χ0v) is 7.80. The summed E-state index contributed by atoms with van der Waals surface area (Å²) < 4.78 is 0. The normalized spacial score (nSPS) is 18.3. The summed E-state index contributed by atoms with van der Waals surface area (Å²) in [6.45, 7) is 6.14. The van der Waals surface area contributed by atoms with Crippen molar-refractivity contribution in [3.63, 3.8) is 0 Å². The largest absolute Gasteiger partial charge is 0.349 e. The maximum absolute atomic E-state index is 4.34. The second-order valence-corrected chi connectivity index (χ2v) is 2.95. The van der Waals surface area contributed by atoms with Gasteiger partial charge in [0.1, 0.15) is 5.84 Å². The highest BCUT2D eigenvalue weighted by atomic mass is 15.1. The van der Waals surface area contributed by atoms with Crippen LogP contribution >= 0.6 is 0 Å². The third-order valence-corrected chi connectivity index (χ3v) is 1.83. The van der Waals surface area contributed by atoms with Crippen LogP contribution in [0.2, 0.25) is 0 Å². The Morgan fingerprint density at radius 2 is 2.58 bits per heavy atom. The zero-order chi connectivity index (χ0) is 8.81. The fourth-order valence-electron chi connectivity index (χ4n) is 1.11. The molecule has 1 heterocycles. The Bertz CT molecular complexity index is 184. The summed E-state index contributed by atoms with van der Waals surface area (Å²) in [6.07, 6.45) is 5.12. The van der Waals surface area contributed by atoms with Gasteiger partial charge < -0.3 is 10.6 Å². The van der Waals surface area contributed by atoms with Gasteiger partial charge in [0, 0.05) is 6.20 Å². The Hall–Kier alpha value is -0.830. The number of nitrogens with zero attached hydrogens (tertiary/aromatic N) is 1. The average Bonchev–Trinajstić information content (AvgIpc) is 2.15. The van der Waals surface area contributed by atoms with E-state index >= 15 is 0 Å². The lowest BCUT2D eigenvalue weighted by molar-refractivity contribution is 0.634. The van der Waals surface area contributed by atoms with E-state index < -0.39 is 0 Å². The fourth-order valence-corrected chi connectivity index (χ4v) is 1.11. The average molecular weight is 167 g/mol. The van der Waals surface area contributed by atoms with E-state index in [1.807, 2.05) is 12.3 Å². The van der Waals surface area contributed by atoms with Crippen LogP contribution in [0, 0.1) is 0 Å². The van der Waals surface area contributed by atoms with Gasteiger partial charge in [0.2, 0.25) is 0 Å². The Morgan fingerprint density at radius 3 is 3.17 bits per heavy atom. The van der Waals surface area contributed by atoms with Crippen LogP contribution in [-0.2, 0) is 0 Å². The molecule has 0 amide bonds. The summed E-state index contributed by atoms with van der Waals surface area (Å²) >= 11 is 0. The zero-order valence-electron chi connectivity index (χ0n) is 7.80. The summed E-state index contributed by atoms with van der Waals surface area (Å²) in [7, 11) is 0. The molecular formula is C9H17N3. The van der Waals surface area contributed by atoms with Crippen molar-refractivity contribution in [2.75, 3.05) is 13.1 Å². The predicted molar refractivity (Wildman–Crippen MR) is 52.3 cm³/mol. The molecule has 1 aliphatic heterocycles. The molecule has 0 fully saturated rings. The Balaban J connectivity index is 2.30. The van der Waals surface area contributed by atoms with E-state index in [2.05, 4.69) is 29.5 Å². The summed E-state index contributed by atoms with van der Waals surface area (Å²) in [5, 5.41) is 6.51. The molecule has 1 aliphatic rings. The molecular weight excluding hydrogens is 150 g/mol. The van der Waals surface area contributed by atoms with Crippen molar-refractivity contribution in [2.45, 2.75) is 26.3 Å². The van der Waals surface area contributed by atoms with Crippen LogP contribution in [0.5, 0.6) is 0 Å². The maximum Gasteiger partial charge on any atom is 0.118 e. The quantitative estimate of drug-likeness (QED) is 0.652. The van der Waals surface area contributed by atoms with E-state index in [1.165, 1.54) is 0 Å². The molecule has 0 bridgehead atoms. The van der Waals surface area contributed by atoms with E-state index in [1.54, 1.807) is 0 Å². The highest BCUT2D eigenvalue weighted by Crippen LogP contribution is 1.91. The first kappa shape index (κ1) is 9.26. The van der Waals surface area contributed by atoms with Crippen LogP contribution in [0.25, 0.3) is 0 Å². The van der Waals surface area contributed by atoms with E-state index in [-0.39, 0.29) is 0 Å². The third kappa shape index (κ3) is 2.66. The van der Waals surface area contributed by atoms with Gasteiger partial charge in [0.25, 0.3) is 0 Å². The van der Waals surface area contributed by atoms with Gasteiger partial charge >= 0.3 is 0 Å². The molecule has 0 saturated carbocycles. The molecule has 68 valence electrons. The predicted octanol–water partition coefficient (Wildman–Crippen LogP) is 0.890. The second-order valence-electron chi connectivity index (χ2n) is 2.95. The molecule has 1 atom stereocenters. The molecule has 0 saturated heterocycles. The topological polar surface area (TPSA) is 36.4 Å². The number of rotatable bonds is 4. The van der Waals surface area contributed by atoms with Crippen LogP contribution in [0.3, 0.4) is 0 Å². The molecule has 3 heteroatoms. The molecule has 12 heavy (non-hydrogen) atoms. The maximum atomic E-state index is 4.34. The molecule has 3 nitrogen and oxygen atoms in total. The Kier molecular flexibility index (Phi) is 3.80. The molecule has 1 unspecified atom stereocenters. The van der Waals surface area contributed by atoms with E-state index in [0.717, 1.165) is 25.3 Å². The van der Waals surface area contributed by atoms with Gasteiger partial charge in [-0.25, -0.2) is 0 Å². The second kappa shape index (κ2) is 4.93. The molecule has 0 radical (unpaired) electrons. The van der Waals surface area contributed by atoms with Crippen molar-refractivity contribution < 1.29 is 0 Å². The molecule has 0 aromatic rings. The van der Waals surface area contributed by atoms with Crippen molar-refractivity contribution in [3.8, 4) is 0 Å². The van der Waals surface area contributed by atoms with Gasteiger partial charge in [0.15, 0.2) is 0 Å². The SMILES string of the molecule is CCCNC(C)C1=NCC=CN1. The number of amidine groups is 1. The van der Waals surface area contributed by atoms with Crippen molar-refractivity contribution in [1.29, 1.82) is 0 Å². The molecule has 0 aliphatic carbocycles. The lowest BCUT2D eigenvalue weighted by atomic mass is 10.2. The van der Waals surface area contributed by atoms with E-state index in [0.29, 0.717) is 6.04 Å². The first-order valence-electron chi connectivity index (χ1n) is 4.54. The lowest BCUT2D eigenvalue weighted by Gasteiger charge is -2.17. The van der Waals surface area contributed by atoms with Gasteiger partial charge in [-0.1, -0.05) is 6.92 Å². The summed E-state index contributed by atoms with van der Waals surface area (Å²) in [5.74, 6) is 1.05.